The maximum absolute atomic E-state index is 11.2. The topological polar surface area (TPSA) is 29.1 Å². The fourth-order valence-electron chi connectivity index (χ4n) is 1.20. The number of anilines is 1. The lowest BCUT2D eigenvalue weighted by Gasteiger charge is -2.04. The Balaban J connectivity index is 2.38. The van der Waals surface area contributed by atoms with Gasteiger partial charge in [-0.3, -0.25) is 4.79 Å². The summed E-state index contributed by atoms with van der Waals surface area (Å²) in [6.07, 6.45) is 0.362. The zero-order chi connectivity index (χ0) is 9.26. The van der Waals surface area contributed by atoms with Gasteiger partial charge in [-0.2, -0.15) is 0 Å². The minimum Gasteiger partial charge on any atom is -0.325 e. The number of carbonyl (C=O) groups excluding carboxylic acids is 1. The van der Waals surface area contributed by atoms with E-state index in [1.807, 2.05) is 24.3 Å². The molecule has 1 aromatic carbocycles. The van der Waals surface area contributed by atoms with E-state index in [4.69, 9.17) is 11.6 Å². The van der Waals surface area contributed by atoms with Crippen LogP contribution in [0.15, 0.2) is 29.2 Å². The van der Waals surface area contributed by atoms with Crippen LogP contribution in [0.3, 0.4) is 0 Å². The fourth-order valence-corrected chi connectivity index (χ4v) is 2.54. The molecule has 1 aliphatic rings. The molecule has 4 heteroatoms. The quantitative estimate of drug-likeness (QED) is 0.672. The lowest BCUT2D eigenvalue weighted by molar-refractivity contribution is -0.115. The van der Waals surface area contributed by atoms with Crippen molar-refractivity contribution in [1.82, 2.24) is 0 Å². The molecule has 1 heterocycles. The van der Waals surface area contributed by atoms with Crippen molar-refractivity contribution in [3.05, 3.63) is 24.3 Å². The van der Waals surface area contributed by atoms with E-state index < -0.39 is 0 Å². The Morgan fingerprint density at radius 3 is 3.08 bits per heavy atom. The van der Waals surface area contributed by atoms with Crippen molar-refractivity contribution in [1.29, 1.82) is 0 Å². The van der Waals surface area contributed by atoms with Crippen molar-refractivity contribution in [2.75, 3.05) is 5.32 Å². The molecular formula is C9H8ClNOS. The molecular weight excluding hydrogens is 206 g/mol. The van der Waals surface area contributed by atoms with Crippen LogP contribution in [-0.2, 0) is 4.79 Å². The summed E-state index contributed by atoms with van der Waals surface area (Å²) in [5, 5.41) is 2.81. The number of para-hydroxylation sites is 1. The van der Waals surface area contributed by atoms with Crippen molar-refractivity contribution in [2.24, 2.45) is 0 Å². The van der Waals surface area contributed by atoms with Crippen LogP contribution in [-0.4, -0.2) is 10.6 Å². The van der Waals surface area contributed by atoms with E-state index in [9.17, 15) is 4.79 Å². The average Bonchev–Trinajstić information content (AvgIpc) is 2.20. The molecule has 1 N–H and O–H groups in total. The van der Waals surface area contributed by atoms with Crippen LogP contribution >= 0.6 is 23.4 Å². The average molecular weight is 214 g/mol. The van der Waals surface area contributed by atoms with E-state index in [0.29, 0.717) is 6.42 Å². The van der Waals surface area contributed by atoms with Gasteiger partial charge in [-0.05, 0) is 12.1 Å². The smallest absolute Gasteiger partial charge is 0.226 e. The zero-order valence-corrected chi connectivity index (χ0v) is 8.36. The van der Waals surface area contributed by atoms with Gasteiger partial charge in [0.2, 0.25) is 5.91 Å². The Hall–Kier alpha value is -0.670. The molecule has 0 aromatic heterocycles. The summed E-state index contributed by atoms with van der Waals surface area (Å²) in [5.41, 5.74) is 0.862. The zero-order valence-electron chi connectivity index (χ0n) is 6.79. The first kappa shape index (κ1) is 8.91. The molecule has 1 amide bonds. The summed E-state index contributed by atoms with van der Waals surface area (Å²) in [5.74, 6) is -0.0162. The van der Waals surface area contributed by atoms with Gasteiger partial charge in [0.15, 0.2) is 0 Å². The Labute approximate surface area is 85.7 Å². The molecule has 1 aromatic rings. The number of rotatable bonds is 0. The number of fused-ring (bicyclic) bond motifs is 1. The van der Waals surface area contributed by atoms with Crippen LogP contribution in [0, 0.1) is 0 Å². The van der Waals surface area contributed by atoms with E-state index in [1.165, 1.54) is 11.8 Å². The molecule has 68 valence electrons. The largest absolute Gasteiger partial charge is 0.325 e. The molecule has 1 atom stereocenters. The first-order valence-electron chi connectivity index (χ1n) is 3.95. The van der Waals surface area contributed by atoms with Gasteiger partial charge < -0.3 is 5.32 Å². The lowest BCUT2D eigenvalue weighted by atomic mass is 10.3. The summed E-state index contributed by atoms with van der Waals surface area (Å²) in [7, 11) is 0. The Morgan fingerprint density at radius 1 is 1.46 bits per heavy atom. The van der Waals surface area contributed by atoms with Crippen molar-refractivity contribution < 1.29 is 4.79 Å². The van der Waals surface area contributed by atoms with Crippen LogP contribution < -0.4 is 5.32 Å². The molecule has 0 spiro atoms. The van der Waals surface area contributed by atoms with Crippen molar-refractivity contribution in [2.45, 2.75) is 16.0 Å². The second kappa shape index (κ2) is 3.60. The molecule has 0 saturated heterocycles. The highest BCUT2D eigenvalue weighted by Gasteiger charge is 2.19. The van der Waals surface area contributed by atoms with Crippen molar-refractivity contribution in [3.8, 4) is 0 Å². The second-order valence-electron chi connectivity index (χ2n) is 2.78. The van der Waals surface area contributed by atoms with Crippen LogP contribution in [0.5, 0.6) is 0 Å². The maximum atomic E-state index is 11.2. The number of benzene rings is 1. The Morgan fingerprint density at radius 2 is 2.23 bits per heavy atom. The maximum Gasteiger partial charge on any atom is 0.226 e. The molecule has 13 heavy (non-hydrogen) atoms. The highest BCUT2D eigenvalue weighted by Crippen LogP contribution is 2.36. The summed E-state index contributed by atoms with van der Waals surface area (Å²) in [6, 6.07) is 7.68. The standard InChI is InChI=1S/C9H8ClNOS/c10-8-5-9(12)11-6-3-1-2-4-7(6)13-8/h1-4,8H,5H2,(H,11,12). The van der Waals surface area contributed by atoms with Crippen molar-refractivity contribution in [3.63, 3.8) is 0 Å². The van der Waals surface area contributed by atoms with Gasteiger partial charge in [0.1, 0.15) is 0 Å². The monoisotopic (exact) mass is 213 g/mol. The summed E-state index contributed by atoms with van der Waals surface area (Å²) in [4.78, 5) is 12.3. The Bertz CT molecular complexity index is 342. The molecule has 1 unspecified atom stereocenters. The number of halogens is 1. The predicted octanol–water partition coefficient (Wildman–Crippen LogP) is 2.69. The van der Waals surface area contributed by atoms with Gasteiger partial charge in [0.25, 0.3) is 0 Å². The first-order chi connectivity index (χ1) is 6.25. The fraction of sp³-hybridized carbons (Fsp3) is 0.222. The minimum absolute atomic E-state index is 0.0162. The van der Waals surface area contributed by atoms with Gasteiger partial charge in [-0.15, -0.1) is 23.4 Å². The molecule has 0 aliphatic carbocycles. The normalized spacial score (nSPS) is 21.6. The van der Waals surface area contributed by atoms with E-state index in [2.05, 4.69) is 5.32 Å². The van der Waals surface area contributed by atoms with Gasteiger partial charge in [0, 0.05) is 4.90 Å². The van der Waals surface area contributed by atoms with Gasteiger partial charge in [-0.25, -0.2) is 0 Å². The third-order valence-corrected chi connectivity index (χ3v) is 3.22. The molecule has 0 fully saturated rings. The number of carbonyl (C=O) groups is 1. The number of alkyl halides is 1. The SMILES string of the molecule is O=C1CC(Cl)Sc2ccccc2N1. The third kappa shape index (κ3) is 1.98. The van der Waals surface area contributed by atoms with Crippen molar-refractivity contribution >= 4 is 35.0 Å². The highest BCUT2D eigenvalue weighted by atomic mass is 35.5. The molecule has 0 saturated carbocycles. The first-order valence-corrected chi connectivity index (χ1v) is 5.27. The summed E-state index contributed by atoms with van der Waals surface area (Å²) >= 11 is 7.46. The molecule has 0 bridgehead atoms. The number of hydrogen-bond donors (Lipinski definition) is 1. The molecule has 2 nitrogen and oxygen atoms in total. The summed E-state index contributed by atoms with van der Waals surface area (Å²) < 4.78 is -0.163. The minimum atomic E-state index is -0.163. The third-order valence-electron chi connectivity index (χ3n) is 1.76. The van der Waals surface area contributed by atoms with Crippen LogP contribution in [0.2, 0.25) is 0 Å². The number of amides is 1. The van der Waals surface area contributed by atoms with Crippen LogP contribution in [0.1, 0.15) is 6.42 Å². The van der Waals surface area contributed by atoms with Crippen LogP contribution in [0.4, 0.5) is 5.69 Å². The van der Waals surface area contributed by atoms with E-state index in [-0.39, 0.29) is 10.6 Å². The molecule has 1 aliphatic heterocycles. The van der Waals surface area contributed by atoms with E-state index in [1.54, 1.807) is 0 Å². The Kier molecular flexibility index (Phi) is 2.47. The number of thioether (sulfide) groups is 1. The van der Waals surface area contributed by atoms with E-state index >= 15 is 0 Å². The number of nitrogens with one attached hydrogen (secondary N) is 1. The van der Waals surface area contributed by atoms with Gasteiger partial charge in [0.05, 0.1) is 16.8 Å². The van der Waals surface area contributed by atoms with Gasteiger partial charge >= 0.3 is 0 Å². The number of hydrogen-bond acceptors (Lipinski definition) is 2. The summed E-state index contributed by atoms with van der Waals surface area (Å²) in [6.45, 7) is 0. The molecule has 2 rings (SSSR count). The molecule has 0 radical (unpaired) electrons. The highest BCUT2D eigenvalue weighted by molar-refractivity contribution is 8.01. The van der Waals surface area contributed by atoms with Gasteiger partial charge in [-0.1, -0.05) is 12.1 Å². The van der Waals surface area contributed by atoms with E-state index in [0.717, 1.165) is 10.6 Å². The van der Waals surface area contributed by atoms with Crippen LogP contribution in [0.25, 0.3) is 0 Å². The predicted molar refractivity (Wildman–Crippen MR) is 55.2 cm³/mol. The lowest BCUT2D eigenvalue weighted by Crippen LogP contribution is -2.12. The second-order valence-corrected chi connectivity index (χ2v) is 4.81.